The van der Waals surface area contributed by atoms with Crippen LogP contribution in [0.3, 0.4) is 0 Å². The lowest BCUT2D eigenvalue weighted by Crippen LogP contribution is -2.50. The van der Waals surface area contributed by atoms with E-state index in [1.165, 1.54) is 6.07 Å². The SMILES string of the molecule is Cc1cc([N+](=O)[O-])c(C)cc1OC1CCC(N)(C(N)=O)C1. The Hall–Kier alpha value is -2.15. The highest BCUT2D eigenvalue weighted by atomic mass is 16.6. The first-order valence-electron chi connectivity index (χ1n) is 6.74. The van der Waals surface area contributed by atoms with Gasteiger partial charge in [0.25, 0.3) is 5.69 Å². The average molecular weight is 293 g/mol. The molecule has 1 fully saturated rings. The van der Waals surface area contributed by atoms with Crippen LogP contribution in [0.2, 0.25) is 0 Å². The zero-order valence-electron chi connectivity index (χ0n) is 12.1. The van der Waals surface area contributed by atoms with Crippen LogP contribution in [0.5, 0.6) is 5.75 Å². The number of hydrogen-bond donors (Lipinski definition) is 2. The number of hydrogen-bond acceptors (Lipinski definition) is 5. The molecule has 1 aliphatic carbocycles. The molecule has 1 amide bonds. The maximum Gasteiger partial charge on any atom is 0.272 e. The summed E-state index contributed by atoms with van der Waals surface area (Å²) in [4.78, 5) is 21.8. The molecule has 114 valence electrons. The summed E-state index contributed by atoms with van der Waals surface area (Å²) in [5, 5.41) is 10.9. The van der Waals surface area contributed by atoms with Gasteiger partial charge in [-0.15, -0.1) is 0 Å². The molecule has 21 heavy (non-hydrogen) atoms. The smallest absolute Gasteiger partial charge is 0.272 e. The van der Waals surface area contributed by atoms with Crippen LogP contribution in [0.15, 0.2) is 12.1 Å². The van der Waals surface area contributed by atoms with Gasteiger partial charge < -0.3 is 16.2 Å². The molecule has 0 radical (unpaired) electrons. The van der Waals surface area contributed by atoms with Crippen molar-refractivity contribution >= 4 is 11.6 Å². The van der Waals surface area contributed by atoms with E-state index in [0.29, 0.717) is 36.1 Å². The van der Waals surface area contributed by atoms with Gasteiger partial charge in [0.15, 0.2) is 0 Å². The molecule has 7 nitrogen and oxygen atoms in total. The summed E-state index contributed by atoms with van der Waals surface area (Å²) in [5.74, 6) is 0.0574. The first-order chi connectivity index (χ1) is 9.73. The Morgan fingerprint density at radius 3 is 2.62 bits per heavy atom. The topological polar surface area (TPSA) is 121 Å². The molecule has 0 bridgehead atoms. The van der Waals surface area contributed by atoms with Crippen molar-refractivity contribution in [2.45, 2.75) is 44.8 Å². The Kier molecular flexibility index (Phi) is 3.87. The van der Waals surface area contributed by atoms with Crippen LogP contribution in [0, 0.1) is 24.0 Å². The van der Waals surface area contributed by atoms with Gasteiger partial charge in [-0.05, 0) is 38.3 Å². The van der Waals surface area contributed by atoms with Crippen LogP contribution >= 0.6 is 0 Å². The third-order valence-corrected chi connectivity index (χ3v) is 3.98. The number of benzene rings is 1. The fourth-order valence-corrected chi connectivity index (χ4v) is 2.63. The quantitative estimate of drug-likeness (QED) is 0.640. The van der Waals surface area contributed by atoms with E-state index in [9.17, 15) is 14.9 Å². The summed E-state index contributed by atoms with van der Waals surface area (Å²) in [6.07, 6.45) is 1.27. The molecule has 1 aromatic rings. The molecule has 0 aromatic heterocycles. The number of aryl methyl sites for hydroxylation is 2. The highest BCUT2D eigenvalue weighted by Gasteiger charge is 2.41. The molecule has 0 heterocycles. The number of amides is 1. The minimum atomic E-state index is -1.02. The van der Waals surface area contributed by atoms with Gasteiger partial charge in [0.05, 0.1) is 10.5 Å². The van der Waals surface area contributed by atoms with Crippen molar-refractivity contribution in [2.75, 3.05) is 0 Å². The highest BCUT2D eigenvalue weighted by Crippen LogP contribution is 2.34. The highest BCUT2D eigenvalue weighted by molar-refractivity contribution is 5.84. The van der Waals surface area contributed by atoms with Crippen LogP contribution in [0.4, 0.5) is 5.69 Å². The fraction of sp³-hybridized carbons (Fsp3) is 0.500. The molecule has 7 heteroatoms. The minimum Gasteiger partial charge on any atom is -0.490 e. The summed E-state index contributed by atoms with van der Waals surface area (Å²) < 4.78 is 5.86. The van der Waals surface area contributed by atoms with Crippen LogP contribution in [-0.2, 0) is 4.79 Å². The Bertz CT molecular complexity index is 602. The first kappa shape index (κ1) is 15.2. The number of carbonyl (C=O) groups excluding carboxylic acids is 1. The van der Waals surface area contributed by atoms with Crippen molar-refractivity contribution in [1.82, 2.24) is 0 Å². The number of carbonyl (C=O) groups is 1. The number of nitrogens with two attached hydrogens (primary N) is 2. The average Bonchev–Trinajstić information content (AvgIpc) is 2.76. The predicted molar refractivity (Wildman–Crippen MR) is 77.0 cm³/mol. The zero-order chi connectivity index (χ0) is 15.8. The lowest BCUT2D eigenvalue weighted by Gasteiger charge is -2.20. The molecule has 0 saturated heterocycles. The van der Waals surface area contributed by atoms with Crippen LogP contribution < -0.4 is 16.2 Å². The number of ether oxygens (including phenoxy) is 1. The first-order valence-corrected chi connectivity index (χ1v) is 6.74. The second-order valence-corrected chi connectivity index (χ2v) is 5.66. The third-order valence-electron chi connectivity index (χ3n) is 3.98. The lowest BCUT2D eigenvalue weighted by molar-refractivity contribution is -0.385. The third kappa shape index (κ3) is 2.97. The number of nitro groups is 1. The molecule has 1 aliphatic rings. The number of nitrogens with zero attached hydrogens (tertiary/aromatic N) is 1. The van der Waals surface area contributed by atoms with Crippen LogP contribution in [0.25, 0.3) is 0 Å². The summed E-state index contributed by atoms with van der Waals surface area (Å²) in [7, 11) is 0. The van der Waals surface area contributed by atoms with Gasteiger partial charge in [0, 0.05) is 18.1 Å². The van der Waals surface area contributed by atoms with Gasteiger partial charge in [-0.1, -0.05) is 0 Å². The van der Waals surface area contributed by atoms with Gasteiger partial charge in [-0.25, -0.2) is 0 Å². The van der Waals surface area contributed by atoms with Gasteiger partial charge in [0.2, 0.25) is 5.91 Å². The Labute approximate surface area is 122 Å². The monoisotopic (exact) mass is 293 g/mol. The number of nitro benzene ring substituents is 1. The van der Waals surface area contributed by atoms with Gasteiger partial charge >= 0.3 is 0 Å². The standard InChI is InChI=1S/C14H19N3O4/c1-8-6-12(9(2)5-11(8)17(19)20)21-10-3-4-14(16,7-10)13(15)18/h5-6,10H,3-4,7,16H2,1-2H3,(H2,15,18). The van der Waals surface area contributed by atoms with E-state index in [-0.39, 0.29) is 11.8 Å². The Morgan fingerprint density at radius 1 is 1.43 bits per heavy atom. The molecule has 0 spiro atoms. The molecule has 0 aliphatic heterocycles. The van der Waals surface area contributed by atoms with Crippen molar-refractivity contribution in [3.05, 3.63) is 33.4 Å². The van der Waals surface area contributed by atoms with Gasteiger partial charge in [-0.2, -0.15) is 0 Å². The summed E-state index contributed by atoms with van der Waals surface area (Å²) in [6.45, 7) is 3.41. The molecule has 2 atom stereocenters. The molecular weight excluding hydrogens is 274 g/mol. The van der Waals surface area contributed by atoms with Gasteiger partial charge in [-0.3, -0.25) is 14.9 Å². The normalized spacial score (nSPS) is 24.8. The number of rotatable bonds is 4. The van der Waals surface area contributed by atoms with Crippen molar-refractivity contribution in [1.29, 1.82) is 0 Å². The van der Waals surface area contributed by atoms with E-state index in [4.69, 9.17) is 16.2 Å². The van der Waals surface area contributed by atoms with Gasteiger partial charge in [0.1, 0.15) is 11.9 Å². The molecule has 1 saturated carbocycles. The second kappa shape index (κ2) is 5.33. The molecular formula is C14H19N3O4. The fourth-order valence-electron chi connectivity index (χ4n) is 2.63. The van der Waals surface area contributed by atoms with E-state index in [2.05, 4.69) is 0 Å². The van der Waals surface area contributed by atoms with Crippen molar-refractivity contribution in [3.8, 4) is 5.75 Å². The van der Waals surface area contributed by atoms with Crippen molar-refractivity contribution in [3.63, 3.8) is 0 Å². The molecule has 4 N–H and O–H groups in total. The largest absolute Gasteiger partial charge is 0.490 e. The summed E-state index contributed by atoms with van der Waals surface area (Å²) >= 11 is 0. The molecule has 2 unspecified atom stereocenters. The lowest BCUT2D eigenvalue weighted by atomic mass is 9.98. The van der Waals surface area contributed by atoms with E-state index < -0.39 is 16.4 Å². The van der Waals surface area contributed by atoms with Crippen LogP contribution in [0.1, 0.15) is 30.4 Å². The zero-order valence-corrected chi connectivity index (χ0v) is 12.1. The maximum atomic E-state index is 11.3. The Balaban J connectivity index is 2.17. The molecule has 2 rings (SSSR count). The summed E-state index contributed by atoms with van der Waals surface area (Å²) in [5.41, 5.74) is 11.5. The van der Waals surface area contributed by atoms with E-state index in [1.807, 2.05) is 0 Å². The van der Waals surface area contributed by atoms with E-state index in [0.717, 1.165) is 0 Å². The minimum absolute atomic E-state index is 0.0663. The predicted octanol–water partition coefficient (Wildman–Crippen LogP) is 1.33. The maximum absolute atomic E-state index is 11.3. The Morgan fingerprint density at radius 2 is 2.10 bits per heavy atom. The molecule has 1 aromatic carbocycles. The van der Waals surface area contributed by atoms with E-state index >= 15 is 0 Å². The van der Waals surface area contributed by atoms with E-state index in [1.54, 1.807) is 19.9 Å². The van der Waals surface area contributed by atoms with Crippen LogP contribution in [-0.4, -0.2) is 22.5 Å². The van der Waals surface area contributed by atoms with Crippen molar-refractivity contribution < 1.29 is 14.5 Å². The van der Waals surface area contributed by atoms with Crippen molar-refractivity contribution in [2.24, 2.45) is 11.5 Å². The number of primary amides is 1. The summed E-state index contributed by atoms with van der Waals surface area (Å²) in [6, 6.07) is 3.14. The second-order valence-electron chi connectivity index (χ2n) is 5.66.